The molecule has 0 aromatic carbocycles. The molecule has 0 unspecified atom stereocenters. The third-order valence-electron chi connectivity index (χ3n) is 2.55. The maximum Gasteiger partial charge on any atom is 0.413 e. The predicted molar refractivity (Wildman–Crippen MR) is 78.1 cm³/mol. The highest BCUT2D eigenvalue weighted by Gasteiger charge is 2.21. The van der Waals surface area contributed by atoms with Crippen LogP contribution in [0.5, 0.6) is 0 Å². The first-order valence-corrected chi connectivity index (χ1v) is 7.10. The van der Waals surface area contributed by atoms with Crippen molar-refractivity contribution in [1.29, 1.82) is 0 Å². The minimum Gasteiger partial charge on any atom is -0.478 e. The molecule has 8 heteroatoms. The molecule has 2 N–H and O–H groups in total. The second-order valence-corrected chi connectivity index (χ2v) is 5.57. The standard InChI is InChI=1S/C12H15ClN2O4S/c1-4-12(2,3)19-11(18)15-10-14-8(6-20-10)7(5-13)9(16)17/h5-6H,4H2,1-3H3,(H,16,17)(H,14,15,18)/b7-5-. The highest BCUT2D eigenvalue weighted by molar-refractivity contribution is 7.14. The van der Waals surface area contributed by atoms with Crippen LogP contribution < -0.4 is 5.32 Å². The lowest BCUT2D eigenvalue weighted by molar-refractivity contribution is -0.130. The maximum absolute atomic E-state index is 11.6. The summed E-state index contributed by atoms with van der Waals surface area (Å²) >= 11 is 6.51. The number of hydrogen-bond donors (Lipinski definition) is 2. The molecule has 1 heterocycles. The Kier molecular flexibility index (Phi) is 5.52. The first-order chi connectivity index (χ1) is 9.29. The Bertz CT molecular complexity index is 539. The lowest BCUT2D eigenvalue weighted by atomic mass is 10.1. The van der Waals surface area contributed by atoms with E-state index in [9.17, 15) is 9.59 Å². The van der Waals surface area contributed by atoms with Crippen LogP contribution in [0.3, 0.4) is 0 Å². The summed E-state index contributed by atoms with van der Waals surface area (Å²) in [5, 5.41) is 13.1. The van der Waals surface area contributed by atoms with Gasteiger partial charge < -0.3 is 9.84 Å². The minimum atomic E-state index is -1.19. The fraction of sp³-hybridized carbons (Fsp3) is 0.417. The highest BCUT2D eigenvalue weighted by atomic mass is 35.5. The molecule has 6 nitrogen and oxygen atoms in total. The zero-order valence-electron chi connectivity index (χ0n) is 11.3. The Balaban J connectivity index is 2.74. The van der Waals surface area contributed by atoms with Gasteiger partial charge in [-0.3, -0.25) is 5.32 Å². The van der Waals surface area contributed by atoms with Gasteiger partial charge >= 0.3 is 12.1 Å². The van der Waals surface area contributed by atoms with E-state index in [0.29, 0.717) is 6.42 Å². The zero-order chi connectivity index (χ0) is 15.3. The molecular weight excluding hydrogens is 304 g/mol. The lowest BCUT2D eigenvalue weighted by Gasteiger charge is -2.22. The number of halogens is 1. The summed E-state index contributed by atoms with van der Waals surface area (Å²) in [5.74, 6) is -1.19. The number of nitrogens with zero attached hydrogens (tertiary/aromatic N) is 1. The molecule has 0 radical (unpaired) electrons. The molecule has 20 heavy (non-hydrogen) atoms. The van der Waals surface area contributed by atoms with Crippen LogP contribution in [0, 0.1) is 0 Å². The van der Waals surface area contributed by atoms with Crippen LogP contribution in [-0.2, 0) is 9.53 Å². The topological polar surface area (TPSA) is 88.5 Å². The van der Waals surface area contributed by atoms with Gasteiger partial charge in [-0.1, -0.05) is 18.5 Å². The number of aromatic nitrogens is 1. The SMILES string of the molecule is CCC(C)(C)OC(=O)Nc1nc(/C(=C/Cl)C(=O)O)cs1. The number of rotatable bonds is 5. The van der Waals surface area contributed by atoms with Gasteiger partial charge in [0.2, 0.25) is 0 Å². The third-order valence-corrected chi connectivity index (χ3v) is 3.53. The number of carboxylic acids is 1. The average Bonchev–Trinajstić information content (AvgIpc) is 2.77. The summed E-state index contributed by atoms with van der Waals surface area (Å²) < 4.78 is 5.19. The first kappa shape index (κ1) is 16.5. The Hall–Kier alpha value is -1.60. The summed E-state index contributed by atoms with van der Waals surface area (Å²) in [4.78, 5) is 26.5. The van der Waals surface area contributed by atoms with Crippen LogP contribution in [0.2, 0.25) is 0 Å². The summed E-state index contributed by atoms with van der Waals surface area (Å²) in [5.41, 5.74) is 0.396. The largest absolute Gasteiger partial charge is 0.478 e. The Morgan fingerprint density at radius 1 is 1.60 bits per heavy atom. The minimum absolute atomic E-state index is 0.141. The summed E-state index contributed by atoms with van der Waals surface area (Å²) in [6.45, 7) is 5.48. The molecule has 0 atom stereocenters. The van der Waals surface area contributed by atoms with E-state index in [4.69, 9.17) is 21.4 Å². The fourth-order valence-electron chi connectivity index (χ4n) is 1.10. The molecule has 0 saturated heterocycles. The molecule has 0 spiro atoms. The van der Waals surface area contributed by atoms with Crippen molar-refractivity contribution >= 4 is 45.7 Å². The summed E-state index contributed by atoms with van der Waals surface area (Å²) in [6, 6.07) is 0. The molecule has 0 aliphatic carbocycles. The number of ether oxygens (including phenoxy) is 1. The van der Waals surface area contributed by atoms with Crippen LogP contribution >= 0.6 is 22.9 Å². The van der Waals surface area contributed by atoms with Crippen LogP contribution in [0.15, 0.2) is 10.9 Å². The van der Waals surface area contributed by atoms with Gasteiger partial charge in [0.25, 0.3) is 0 Å². The van der Waals surface area contributed by atoms with E-state index in [1.54, 1.807) is 13.8 Å². The van der Waals surface area contributed by atoms with E-state index in [2.05, 4.69) is 10.3 Å². The average molecular weight is 319 g/mol. The zero-order valence-corrected chi connectivity index (χ0v) is 12.8. The number of carboxylic acid groups (broad SMARTS) is 1. The molecule has 0 aliphatic heterocycles. The van der Waals surface area contributed by atoms with Gasteiger partial charge in [-0.25, -0.2) is 14.6 Å². The van der Waals surface area contributed by atoms with Gasteiger partial charge in [-0.05, 0) is 20.3 Å². The summed E-state index contributed by atoms with van der Waals surface area (Å²) in [7, 11) is 0. The third kappa shape index (κ3) is 4.50. The monoisotopic (exact) mass is 318 g/mol. The van der Waals surface area contributed by atoms with E-state index < -0.39 is 17.7 Å². The van der Waals surface area contributed by atoms with Crippen molar-refractivity contribution in [2.75, 3.05) is 5.32 Å². The number of carbonyl (C=O) groups excluding carboxylic acids is 1. The van der Waals surface area contributed by atoms with E-state index in [-0.39, 0.29) is 16.4 Å². The van der Waals surface area contributed by atoms with E-state index in [1.807, 2.05) is 6.92 Å². The summed E-state index contributed by atoms with van der Waals surface area (Å²) in [6.07, 6.45) is 0.0336. The number of amides is 1. The second-order valence-electron chi connectivity index (χ2n) is 4.49. The number of anilines is 1. The van der Waals surface area contributed by atoms with E-state index in [0.717, 1.165) is 16.9 Å². The Labute approximate surface area is 125 Å². The van der Waals surface area contributed by atoms with Crippen molar-refractivity contribution in [3.05, 3.63) is 16.6 Å². The van der Waals surface area contributed by atoms with Crippen molar-refractivity contribution in [3.8, 4) is 0 Å². The molecule has 0 aliphatic rings. The maximum atomic E-state index is 11.6. The van der Waals surface area contributed by atoms with E-state index >= 15 is 0 Å². The molecule has 1 amide bonds. The van der Waals surface area contributed by atoms with Crippen molar-refractivity contribution < 1.29 is 19.4 Å². The van der Waals surface area contributed by atoms with Crippen molar-refractivity contribution in [1.82, 2.24) is 4.98 Å². The number of hydrogen-bond acceptors (Lipinski definition) is 5. The molecule has 0 bridgehead atoms. The van der Waals surface area contributed by atoms with Gasteiger partial charge in [0.05, 0.1) is 11.3 Å². The van der Waals surface area contributed by atoms with Crippen LogP contribution in [0.4, 0.5) is 9.93 Å². The smallest absolute Gasteiger partial charge is 0.413 e. The van der Waals surface area contributed by atoms with Gasteiger partial charge in [0.1, 0.15) is 5.60 Å². The van der Waals surface area contributed by atoms with Gasteiger partial charge in [-0.15, -0.1) is 11.3 Å². The van der Waals surface area contributed by atoms with E-state index in [1.165, 1.54) is 5.38 Å². The van der Waals surface area contributed by atoms with Crippen molar-refractivity contribution in [2.24, 2.45) is 0 Å². The molecule has 1 rings (SSSR count). The van der Waals surface area contributed by atoms with Gasteiger partial charge in [0.15, 0.2) is 5.13 Å². The number of carbonyl (C=O) groups is 2. The lowest BCUT2D eigenvalue weighted by Crippen LogP contribution is -2.29. The Morgan fingerprint density at radius 2 is 2.25 bits per heavy atom. The highest BCUT2D eigenvalue weighted by Crippen LogP contribution is 2.23. The van der Waals surface area contributed by atoms with Crippen LogP contribution in [-0.4, -0.2) is 27.8 Å². The fourth-order valence-corrected chi connectivity index (χ4v) is 2.00. The molecule has 110 valence electrons. The number of aliphatic carboxylic acids is 1. The first-order valence-electron chi connectivity index (χ1n) is 5.78. The quantitative estimate of drug-likeness (QED) is 0.810. The molecule has 0 fully saturated rings. The molecule has 1 aromatic heterocycles. The van der Waals surface area contributed by atoms with Crippen LogP contribution in [0.25, 0.3) is 5.57 Å². The van der Waals surface area contributed by atoms with Gasteiger partial charge in [-0.2, -0.15) is 0 Å². The van der Waals surface area contributed by atoms with Crippen molar-refractivity contribution in [3.63, 3.8) is 0 Å². The van der Waals surface area contributed by atoms with Crippen molar-refractivity contribution in [2.45, 2.75) is 32.8 Å². The molecular formula is C12H15ClN2O4S. The van der Waals surface area contributed by atoms with Crippen LogP contribution in [0.1, 0.15) is 32.9 Å². The Morgan fingerprint density at radius 3 is 2.75 bits per heavy atom. The normalized spacial score (nSPS) is 12.1. The van der Waals surface area contributed by atoms with Gasteiger partial charge in [0, 0.05) is 10.9 Å². The molecule has 1 aromatic rings. The second kappa shape index (κ2) is 6.71. The molecule has 0 saturated carbocycles. The predicted octanol–water partition coefficient (Wildman–Crippen LogP) is 3.54. The number of thiazole rings is 1. The number of nitrogens with one attached hydrogen (secondary N) is 1.